The molecule has 0 amide bonds. The largest absolute Gasteiger partial charge is 0.370 e. The molecule has 2 aromatic rings. The van der Waals surface area contributed by atoms with Gasteiger partial charge >= 0.3 is 0 Å². The summed E-state index contributed by atoms with van der Waals surface area (Å²) in [6.07, 6.45) is 3.60. The monoisotopic (exact) mass is 428 g/mol. The van der Waals surface area contributed by atoms with E-state index in [1.165, 1.54) is 24.1 Å². The van der Waals surface area contributed by atoms with Gasteiger partial charge in [0, 0.05) is 17.0 Å². The standard InChI is InChI=1S/C16H20N4S.HI/c1-2-11-3-7-13(8-4-11)19-16(17)18-9-15-20-14(10-21-15)12-5-6-12;/h3-4,7-8,10,12H,2,5-6,9H2,1H3,(H3,17,18,19);1H. The molecule has 0 saturated heterocycles. The van der Waals surface area contributed by atoms with Crippen molar-refractivity contribution in [3.8, 4) is 0 Å². The van der Waals surface area contributed by atoms with Crippen LogP contribution in [-0.4, -0.2) is 10.9 Å². The minimum atomic E-state index is 0. The molecule has 1 saturated carbocycles. The second-order valence-electron chi connectivity index (χ2n) is 5.32. The van der Waals surface area contributed by atoms with Crippen LogP contribution in [0.3, 0.4) is 0 Å². The number of nitrogens with two attached hydrogens (primary N) is 1. The molecule has 1 aromatic heterocycles. The fourth-order valence-electron chi connectivity index (χ4n) is 2.13. The Hall–Kier alpha value is -1.15. The van der Waals surface area contributed by atoms with E-state index in [-0.39, 0.29) is 24.0 Å². The van der Waals surface area contributed by atoms with Gasteiger partial charge in [-0.3, -0.25) is 0 Å². The van der Waals surface area contributed by atoms with Gasteiger partial charge in [-0.2, -0.15) is 0 Å². The summed E-state index contributed by atoms with van der Waals surface area (Å²) < 4.78 is 0. The van der Waals surface area contributed by atoms with Crippen LogP contribution < -0.4 is 11.1 Å². The molecule has 3 rings (SSSR count). The maximum absolute atomic E-state index is 5.92. The molecule has 1 fully saturated rings. The Morgan fingerprint density at radius 1 is 1.36 bits per heavy atom. The van der Waals surface area contributed by atoms with Crippen LogP contribution in [0.4, 0.5) is 5.69 Å². The van der Waals surface area contributed by atoms with Crippen molar-refractivity contribution in [1.29, 1.82) is 0 Å². The Bertz CT molecular complexity index is 632. The molecular formula is C16H21IN4S. The molecule has 0 unspecified atom stereocenters. The van der Waals surface area contributed by atoms with Gasteiger partial charge in [0.15, 0.2) is 5.96 Å². The number of rotatable bonds is 5. The van der Waals surface area contributed by atoms with E-state index in [0.29, 0.717) is 18.4 Å². The zero-order valence-electron chi connectivity index (χ0n) is 12.6. The highest BCUT2D eigenvalue weighted by Gasteiger charge is 2.25. The minimum absolute atomic E-state index is 0. The van der Waals surface area contributed by atoms with E-state index >= 15 is 0 Å². The van der Waals surface area contributed by atoms with Gasteiger partial charge < -0.3 is 11.1 Å². The lowest BCUT2D eigenvalue weighted by molar-refractivity contribution is 0.970. The quantitative estimate of drug-likeness (QED) is 0.428. The van der Waals surface area contributed by atoms with Crippen molar-refractivity contribution < 1.29 is 0 Å². The van der Waals surface area contributed by atoms with Gasteiger partial charge in [0.2, 0.25) is 0 Å². The minimum Gasteiger partial charge on any atom is -0.370 e. The summed E-state index contributed by atoms with van der Waals surface area (Å²) in [5.41, 5.74) is 9.42. The number of guanidine groups is 1. The van der Waals surface area contributed by atoms with Gasteiger partial charge in [-0.05, 0) is 37.0 Å². The third-order valence-electron chi connectivity index (χ3n) is 3.58. The van der Waals surface area contributed by atoms with Crippen LogP contribution in [-0.2, 0) is 13.0 Å². The number of aliphatic imine (C=N–C) groups is 1. The van der Waals surface area contributed by atoms with E-state index in [2.05, 4.69) is 39.7 Å². The molecule has 1 aliphatic rings. The lowest BCUT2D eigenvalue weighted by Crippen LogP contribution is -2.22. The molecule has 6 heteroatoms. The Labute approximate surface area is 152 Å². The zero-order valence-corrected chi connectivity index (χ0v) is 15.7. The first-order valence-electron chi connectivity index (χ1n) is 7.34. The Kier molecular flexibility index (Phi) is 6.19. The smallest absolute Gasteiger partial charge is 0.193 e. The summed E-state index contributed by atoms with van der Waals surface area (Å²) in [7, 11) is 0. The first-order chi connectivity index (χ1) is 10.2. The first-order valence-corrected chi connectivity index (χ1v) is 8.22. The molecule has 1 aliphatic carbocycles. The second kappa shape index (κ2) is 7.92. The molecule has 1 aromatic carbocycles. The first kappa shape index (κ1) is 17.2. The summed E-state index contributed by atoms with van der Waals surface area (Å²) in [5.74, 6) is 1.13. The van der Waals surface area contributed by atoms with E-state index in [4.69, 9.17) is 5.73 Å². The van der Waals surface area contributed by atoms with Gasteiger partial charge in [-0.15, -0.1) is 35.3 Å². The van der Waals surface area contributed by atoms with Crippen molar-refractivity contribution >= 4 is 47.0 Å². The number of nitrogens with one attached hydrogen (secondary N) is 1. The van der Waals surface area contributed by atoms with Gasteiger partial charge in [0.05, 0.1) is 12.2 Å². The maximum atomic E-state index is 5.92. The van der Waals surface area contributed by atoms with Gasteiger partial charge in [0.1, 0.15) is 5.01 Å². The van der Waals surface area contributed by atoms with Crippen LogP contribution in [0.1, 0.15) is 41.9 Å². The molecular weight excluding hydrogens is 407 g/mol. The summed E-state index contributed by atoms with van der Waals surface area (Å²) in [6.45, 7) is 2.69. The average Bonchev–Trinajstić information content (AvgIpc) is 3.25. The van der Waals surface area contributed by atoms with E-state index in [9.17, 15) is 0 Å². The summed E-state index contributed by atoms with van der Waals surface area (Å²) in [5, 5.41) is 6.29. The predicted molar refractivity (Wildman–Crippen MR) is 104 cm³/mol. The van der Waals surface area contributed by atoms with Gasteiger partial charge in [-0.25, -0.2) is 9.98 Å². The van der Waals surface area contributed by atoms with Crippen molar-refractivity contribution in [3.05, 3.63) is 45.9 Å². The van der Waals surface area contributed by atoms with Crippen LogP contribution >= 0.6 is 35.3 Å². The summed E-state index contributed by atoms with van der Waals surface area (Å²) >= 11 is 1.67. The van der Waals surface area contributed by atoms with Crippen LogP contribution in [0.2, 0.25) is 0 Å². The fourth-order valence-corrected chi connectivity index (χ4v) is 2.93. The highest BCUT2D eigenvalue weighted by atomic mass is 127. The Balaban J connectivity index is 0.00000176. The molecule has 4 nitrogen and oxygen atoms in total. The van der Waals surface area contributed by atoms with Crippen molar-refractivity contribution in [1.82, 2.24) is 4.98 Å². The number of halogens is 1. The molecule has 1 heterocycles. The zero-order chi connectivity index (χ0) is 14.7. The van der Waals surface area contributed by atoms with Crippen molar-refractivity contribution in [2.75, 3.05) is 5.32 Å². The topological polar surface area (TPSA) is 63.3 Å². The normalized spacial score (nSPS) is 14.5. The van der Waals surface area contributed by atoms with Gasteiger partial charge in [0.25, 0.3) is 0 Å². The molecule has 3 N–H and O–H groups in total. The SMILES string of the molecule is CCc1ccc(NC(N)=NCc2nc(C3CC3)cs2)cc1.I. The number of aromatic nitrogens is 1. The highest BCUT2D eigenvalue weighted by Crippen LogP contribution is 2.40. The predicted octanol–water partition coefficient (Wildman–Crippen LogP) is 4.13. The molecule has 0 bridgehead atoms. The van der Waals surface area contributed by atoms with Crippen LogP contribution in [0.25, 0.3) is 0 Å². The molecule has 0 radical (unpaired) electrons. The number of hydrogen-bond donors (Lipinski definition) is 2. The van der Waals surface area contributed by atoms with Crippen molar-refractivity contribution in [3.63, 3.8) is 0 Å². The lowest BCUT2D eigenvalue weighted by Gasteiger charge is -2.05. The average molecular weight is 428 g/mol. The second-order valence-corrected chi connectivity index (χ2v) is 6.26. The van der Waals surface area contributed by atoms with Crippen LogP contribution in [0.5, 0.6) is 0 Å². The molecule has 0 spiro atoms. The Morgan fingerprint density at radius 2 is 2.09 bits per heavy atom. The van der Waals surface area contributed by atoms with Crippen molar-refractivity contribution in [2.45, 2.75) is 38.6 Å². The number of benzene rings is 1. The number of anilines is 1. The molecule has 118 valence electrons. The van der Waals surface area contributed by atoms with Crippen LogP contribution in [0, 0.1) is 0 Å². The van der Waals surface area contributed by atoms with E-state index in [0.717, 1.165) is 17.1 Å². The van der Waals surface area contributed by atoms with Gasteiger partial charge in [-0.1, -0.05) is 19.1 Å². The Morgan fingerprint density at radius 3 is 2.73 bits per heavy atom. The fraction of sp³-hybridized carbons (Fsp3) is 0.375. The third kappa shape index (κ3) is 4.67. The molecule has 22 heavy (non-hydrogen) atoms. The van der Waals surface area contributed by atoms with E-state index < -0.39 is 0 Å². The number of aryl methyl sites for hydroxylation is 1. The highest BCUT2D eigenvalue weighted by molar-refractivity contribution is 14.0. The summed E-state index contributed by atoms with van der Waals surface area (Å²) in [4.78, 5) is 8.96. The van der Waals surface area contributed by atoms with Crippen molar-refractivity contribution in [2.24, 2.45) is 10.7 Å². The molecule has 0 atom stereocenters. The molecule has 0 aliphatic heterocycles. The maximum Gasteiger partial charge on any atom is 0.193 e. The third-order valence-corrected chi connectivity index (χ3v) is 4.44. The lowest BCUT2D eigenvalue weighted by atomic mass is 10.1. The van der Waals surface area contributed by atoms with E-state index in [1.54, 1.807) is 11.3 Å². The number of hydrogen-bond acceptors (Lipinski definition) is 3. The van der Waals surface area contributed by atoms with E-state index in [1.807, 2.05) is 12.1 Å². The number of thiazole rings is 1. The van der Waals surface area contributed by atoms with Crippen LogP contribution in [0.15, 0.2) is 34.6 Å². The number of nitrogens with zero attached hydrogens (tertiary/aromatic N) is 2. The summed E-state index contributed by atoms with van der Waals surface area (Å²) in [6, 6.07) is 8.24.